The van der Waals surface area contributed by atoms with E-state index in [1.165, 1.54) is 16.5 Å². The molecule has 0 amide bonds. The summed E-state index contributed by atoms with van der Waals surface area (Å²) in [5, 5.41) is 4.62. The summed E-state index contributed by atoms with van der Waals surface area (Å²) in [5.41, 5.74) is 4.68. The smallest absolute Gasteiger partial charge is 0.218 e. The third kappa shape index (κ3) is 1.85. The Morgan fingerprint density at radius 3 is 2.89 bits per heavy atom. The van der Waals surface area contributed by atoms with Crippen LogP contribution in [0, 0.1) is 13.8 Å². The van der Waals surface area contributed by atoms with E-state index in [-0.39, 0.29) is 6.10 Å². The fourth-order valence-corrected chi connectivity index (χ4v) is 2.43. The van der Waals surface area contributed by atoms with Crippen molar-refractivity contribution in [2.24, 2.45) is 0 Å². The summed E-state index contributed by atoms with van der Waals surface area (Å²) in [5.74, 6) is 0.786. The van der Waals surface area contributed by atoms with Crippen molar-refractivity contribution in [3.8, 4) is 5.88 Å². The van der Waals surface area contributed by atoms with Crippen molar-refractivity contribution in [2.75, 3.05) is 6.54 Å². The topological polar surface area (TPSA) is 34.2 Å². The van der Waals surface area contributed by atoms with Crippen molar-refractivity contribution in [3.63, 3.8) is 0 Å². The second kappa shape index (κ2) is 4.25. The molecule has 0 saturated carbocycles. The Labute approximate surface area is 107 Å². The zero-order valence-corrected chi connectivity index (χ0v) is 11.1. The molecule has 2 heterocycles. The maximum absolute atomic E-state index is 5.89. The van der Waals surface area contributed by atoms with E-state index in [0.717, 1.165) is 30.0 Å². The number of fused-ring (bicyclic) bond motifs is 2. The van der Waals surface area contributed by atoms with Crippen LogP contribution in [-0.4, -0.2) is 17.6 Å². The van der Waals surface area contributed by atoms with E-state index in [9.17, 15) is 0 Å². The molecular formula is C15H18N2O. The van der Waals surface area contributed by atoms with Crippen LogP contribution < -0.4 is 10.1 Å². The van der Waals surface area contributed by atoms with Gasteiger partial charge in [-0.1, -0.05) is 12.1 Å². The summed E-state index contributed by atoms with van der Waals surface area (Å²) < 4.78 is 5.89. The van der Waals surface area contributed by atoms with Gasteiger partial charge in [-0.05, 0) is 38.0 Å². The molecule has 1 aliphatic rings. The van der Waals surface area contributed by atoms with Gasteiger partial charge in [-0.15, -0.1) is 0 Å². The number of nitrogens with zero attached hydrogens (tertiary/aromatic N) is 1. The predicted molar refractivity (Wildman–Crippen MR) is 73.0 cm³/mol. The number of aryl methyl sites for hydroxylation is 2. The molecule has 94 valence electrons. The molecule has 1 aromatic heterocycles. The van der Waals surface area contributed by atoms with Gasteiger partial charge < -0.3 is 10.1 Å². The van der Waals surface area contributed by atoms with Crippen molar-refractivity contribution in [3.05, 3.63) is 34.9 Å². The van der Waals surface area contributed by atoms with Crippen molar-refractivity contribution < 1.29 is 4.74 Å². The van der Waals surface area contributed by atoms with Crippen molar-refractivity contribution in [2.45, 2.75) is 33.4 Å². The average molecular weight is 242 g/mol. The molecule has 0 fully saturated rings. The predicted octanol–water partition coefficient (Wildman–Crippen LogP) is 2.72. The van der Waals surface area contributed by atoms with Crippen LogP contribution in [0.4, 0.5) is 0 Å². The van der Waals surface area contributed by atoms with Crippen LogP contribution in [0.15, 0.2) is 18.2 Å². The molecule has 3 rings (SSSR count). The lowest BCUT2D eigenvalue weighted by Gasteiger charge is -2.13. The Morgan fingerprint density at radius 2 is 2.06 bits per heavy atom. The van der Waals surface area contributed by atoms with E-state index in [2.05, 4.69) is 44.3 Å². The van der Waals surface area contributed by atoms with Gasteiger partial charge in [0.25, 0.3) is 0 Å². The van der Waals surface area contributed by atoms with Gasteiger partial charge in [0.15, 0.2) is 0 Å². The number of pyridine rings is 1. The number of hydrogen-bond donors (Lipinski definition) is 1. The third-order valence-electron chi connectivity index (χ3n) is 3.50. The molecular weight excluding hydrogens is 224 g/mol. The van der Waals surface area contributed by atoms with Gasteiger partial charge in [0, 0.05) is 24.0 Å². The molecule has 3 nitrogen and oxygen atoms in total. The van der Waals surface area contributed by atoms with Crippen LogP contribution in [-0.2, 0) is 6.54 Å². The Bertz CT molecular complexity index is 607. The lowest BCUT2D eigenvalue weighted by molar-refractivity contribution is 0.218. The fraction of sp³-hybridized carbons (Fsp3) is 0.400. The van der Waals surface area contributed by atoms with Gasteiger partial charge in [0.1, 0.15) is 6.10 Å². The van der Waals surface area contributed by atoms with Crippen LogP contribution in [0.25, 0.3) is 10.9 Å². The first-order chi connectivity index (χ1) is 8.65. The van der Waals surface area contributed by atoms with Gasteiger partial charge in [0.2, 0.25) is 5.88 Å². The number of rotatable bonds is 0. The molecule has 0 aliphatic carbocycles. The number of ether oxygens (including phenoxy) is 1. The number of nitrogens with one attached hydrogen (secondary N) is 1. The van der Waals surface area contributed by atoms with E-state index in [1.807, 2.05) is 0 Å². The largest absolute Gasteiger partial charge is 0.473 e. The molecule has 1 aromatic carbocycles. The van der Waals surface area contributed by atoms with Gasteiger partial charge in [-0.2, -0.15) is 0 Å². The summed E-state index contributed by atoms with van der Waals surface area (Å²) >= 11 is 0. The lowest BCUT2D eigenvalue weighted by atomic mass is 10.0. The SMILES string of the molecule is Cc1ccc(C)c2nc3c(cc12)CNC[C@@H](C)O3. The quantitative estimate of drug-likeness (QED) is 0.771. The summed E-state index contributed by atoms with van der Waals surface area (Å²) in [4.78, 5) is 4.72. The fourth-order valence-electron chi connectivity index (χ4n) is 2.43. The summed E-state index contributed by atoms with van der Waals surface area (Å²) in [7, 11) is 0. The minimum atomic E-state index is 0.168. The Balaban J connectivity index is 2.25. The minimum absolute atomic E-state index is 0.168. The summed E-state index contributed by atoms with van der Waals surface area (Å²) in [6.45, 7) is 7.99. The van der Waals surface area contributed by atoms with Gasteiger partial charge in [-0.3, -0.25) is 0 Å². The van der Waals surface area contributed by atoms with E-state index >= 15 is 0 Å². The first-order valence-corrected chi connectivity index (χ1v) is 6.42. The zero-order chi connectivity index (χ0) is 12.7. The van der Waals surface area contributed by atoms with Gasteiger partial charge in [0.05, 0.1) is 5.52 Å². The van der Waals surface area contributed by atoms with Crippen LogP contribution in [0.2, 0.25) is 0 Å². The van der Waals surface area contributed by atoms with Crippen LogP contribution >= 0.6 is 0 Å². The summed E-state index contributed by atoms with van der Waals surface area (Å²) in [6.07, 6.45) is 0.168. The minimum Gasteiger partial charge on any atom is -0.473 e. The standard InChI is InChI=1S/C15H18N2O/c1-9-4-5-10(2)14-13(9)6-12-8-16-7-11(3)18-15(12)17-14/h4-6,11,16H,7-8H2,1-3H3/t11-/m1/s1. The highest BCUT2D eigenvalue weighted by molar-refractivity contribution is 5.86. The molecule has 1 N–H and O–H groups in total. The Hall–Kier alpha value is -1.61. The maximum atomic E-state index is 5.89. The Morgan fingerprint density at radius 1 is 1.28 bits per heavy atom. The first-order valence-electron chi connectivity index (χ1n) is 6.42. The van der Waals surface area contributed by atoms with Crippen molar-refractivity contribution >= 4 is 10.9 Å². The lowest BCUT2D eigenvalue weighted by Crippen LogP contribution is -2.25. The number of benzene rings is 1. The highest BCUT2D eigenvalue weighted by Crippen LogP contribution is 2.28. The molecule has 1 aliphatic heterocycles. The van der Waals surface area contributed by atoms with E-state index in [1.54, 1.807) is 0 Å². The van der Waals surface area contributed by atoms with Gasteiger partial charge >= 0.3 is 0 Å². The molecule has 0 bridgehead atoms. The summed E-state index contributed by atoms with van der Waals surface area (Å²) in [6, 6.07) is 6.49. The van der Waals surface area contributed by atoms with Crippen molar-refractivity contribution in [1.82, 2.24) is 10.3 Å². The second-order valence-corrected chi connectivity index (χ2v) is 5.11. The zero-order valence-electron chi connectivity index (χ0n) is 11.1. The molecule has 0 radical (unpaired) electrons. The molecule has 0 unspecified atom stereocenters. The van der Waals surface area contributed by atoms with Crippen LogP contribution in [0.1, 0.15) is 23.6 Å². The second-order valence-electron chi connectivity index (χ2n) is 5.11. The molecule has 1 atom stereocenters. The Kier molecular flexibility index (Phi) is 2.71. The highest BCUT2D eigenvalue weighted by Gasteiger charge is 2.16. The van der Waals surface area contributed by atoms with Crippen LogP contribution in [0.3, 0.4) is 0 Å². The molecule has 18 heavy (non-hydrogen) atoms. The first kappa shape index (κ1) is 11.5. The van der Waals surface area contributed by atoms with E-state index in [0.29, 0.717) is 0 Å². The van der Waals surface area contributed by atoms with Gasteiger partial charge in [-0.25, -0.2) is 4.98 Å². The number of aromatic nitrogens is 1. The molecule has 0 spiro atoms. The monoisotopic (exact) mass is 242 g/mol. The molecule has 2 aromatic rings. The van der Waals surface area contributed by atoms with E-state index < -0.39 is 0 Å². The molecule has 0 saturated heterocycles. The van der Waals surface area contributed by atoms with Crippen LogP contribution in [0.5, 0.6) is 5.88 Å². The van der Waals surface area contributed by atoms with Crippen molar-refractivity contribution in [1.29, 1.82) is 0 Å². The normalized spacial score (nSPS) is 19.2. The number of hydrogen-bond acceptors (Lipinski definition) is 3. The highest BCUT2D eigenvalue weighted by atomic mass is 16.5. The third-order valence-corrected chi connectivity index (χ3v) is 3.50. The molecule has 3 heteroatoms. The maximum Gasteiger partial charge on any atom is 0.218 e. The average Bonchev–Trinajstić information content (AvgIpc) is 2.52. The van der Waals surface area contributed by atoms with E-state index in [4.69, 9.17) is 9.72 Å².